The molecule has 1 heterocycles. The number of hydrogen-bond donors (Lipinski definition) is 6. The summed E-state index contributed by atoms with van der Waals surface area (Å²) in [7, 11) is 0. The molecule has 31 heavy (non-hydrogen) atoms. The first-order valence-corrected chi connectivity index (χ1v) is 9.10. The number of carboxylic acids is 3. The van der Waals surface area contributed by atoms with E-state index in [1.165, 1.54) is 0 Å². The van der Waals surface area contributed by atoms with Crippen molar-refractivity contribution in [3.63, 3.8) is 0 Å². The zero-order chi connectivity index (χ0) is 23.4. The van der Waals surface area contributed by atoms with Crippen molar-refractivity contribution in [2.45, 2.75) is 44.2 Å². The summed E-state index contributed by atoms with van der Waals surface area (Å²) in [5, 5.41) is 33.5. The number of aliphatic carboxylic acids is 3. The minimum Gasteiger partial charge on any atom is -0.481 e. The number of nitrogens with zero attached hydrogens (tertiary/aromatic N) is 2. The van der Waals surface area contributed by atoms with E-state index >= 15 is 0 Å². The molecule has 0 spiro atoms. The van der Waals surface area contributed by atoms with Crippen LogP contribution in [0, 0.1) is 5.95 Å². The predicted molar refractivity (Wildman–Crippen MR) is 99.6 cm³/mol. The van der Waals surface area contributed by atoms with Gasteiger partial charge in [-0.2, -0.15) is 4.39 Å². The maximum atomic E-state index is 12.7. The number of unbranched alkanes of at least 4 members (excludes halogenated alkanes) is 1. The topological polar surface area (TPSA) is 208 Å². The summed E-state index contributed by atoms with van der Waals surface area (Å²) >= 11 is 0. The van der Waals surface area contributed by atoms with Crippen LogP contribution in [-0.4, -0.2) is 73.8 Å². The summed E-state index contributed by atoms with van der Waals surface area (Å²) in [4.78, 5) is 63.4. The Labute approximate surface area is 175 Å². The van der Waals surface area contributed by atoms with E-state index in [1.54, 1.807) is 0 Å². The molecule has 6 N–H and O–H groups in total. The molecule has 1 aromatic rings. The van der Waals surface area contributed by atoms with Gasteiger partial charge in [0.25, 0.3) is 5.91 Å². The zero-order valence-electron chi connectivity index (χ0n) is 16.2. The van der Waals surface area contributed by atoms with Gasteiger partial charge in [-0.15, -0.1) is 0 Å². The van der Waals surface area contributed by atoms with Gasteiger partial charge < -0.3 is 31.3 Å². The van der Waals surface area contributed by atoms with Crippen LogP contribution < -0.4 is 16.0 Å². The summed E-state index contributed by atoms with van der Waals surface area (Å²) < 4.78 is 12.7. The Bertz CT molecular complexity index is 804. The minimum atomic E-state index is -1.49. The number of carboxylic acid groups (broad SMARTS) is 3. The fraction of sp³-hybridized carbons (Fsp3) is 0.471. The second-order valence-electron chi connectivity index (χ2n) is 6.31. The molecule has 14 heteroatoms. The van der Waals surface area contributed by atoms with Gasteiger partial charge in [-0.05, 0) is 25.7 Å². The number of halogens is 1. The number of rotatable bonds is 13. The molecule has 0 aliphatic rings. The van der Waals surface area contributed by atoms with Gasteiger partial charge in [0.1, 0.15) is 17.8 Å². The molecule has 0 radical (unpaired) electrons. The molecule has 0 saturated heterocycles. The highest BCUT2D eigenvalue weighted by molar-refractivity contribution is 5.91. The smallest absolute Gasteiger partial charge is 0.326 e. The lowest BCUT2D eigenvalue weighted by molar-refractivity contribution is -0.140. The van der Waals surface area contributed by atoms with Crippen LogP contribution in [0.15, 0.2) is 12.4 Å². The predicted octanol–water partition coefficient (Wildman–Crippen LogP) is -0.414. The number of nitrogens with one attached hydrogen (secondary N) is 3. The van der Waals surface area contributed by atoms with E-state index < -0.39 is 54.3 Å². The van der Waals surface area contributed by atoms with E-state index in [1.807, 2.05) is 5.32 Å². The maximum Gasteiger partial charge on any atom is 0.326 e. The van der Waals surface area contributed by atoms with Crippen LogP contribution in [-0.2, 0) is 14.4 Å². The Kier molecular flexibility index (Phi) is 10.3. The van der Waals surface area contributed by atoms with E-state index in [2.05, 4.69) is 20.6 Å². The first-order chi connectivity index (χ1) is 14.6. The number of hydrogen-bond acceptors (Lipinski definition) is 7. The molecule has 0 aliphatic carbocycles. The molecule has 0 saturated carbocycles. The Morgan fingerprint density at radius 3 is 2.03 bits per heavy atom. The molecule has 0 bridgehead atoms. The third kappa shape index (κ3) is 9.96. The normalized spacial score (nSPS) is 12.3. The second-order valence-corrected chi connectivity index (χ2v) is 6.31. The van der Waals surface area contributed by atoms with Crippen LogP contribution in [0.1, 0.15) is 42.6 Å². The summed E-state index contributed by atoms with van der Waals surface area (Å²) in [6.07, 6.45) is 1.52. The van der Waals surface area contributed by atoms with Crippen molar-refractivity contribution in [3.05, 3.63) is 24.0 Å². The quantitative estimate of drug-likeness (QED) is 0.217. The fourth-order valence-corrected chi connectivity index (χ4v) is 2.34. The Morgan fingerprint density at radius 2 is 1.52 bits per heavy atom. The molecule has 0 aliphatic heterocycles. The van der Waals surface area contributed by atoms with Crippen LogP contribution >= 0.6 is 0 Å². The van der Waals surface area contributed by atoms with Crippen molar-refractivity contribution < 1.29 is 43.7 Å². The molecule has 0 aromatic carbocycles. The van der Waals surface area contributed by atoms with Crippen molar-refractivity contribution in [1.82, 2.24) is 25.9 Å². The second kappa shape index (κ2) is 12.7. The first kappa shape index (κ1) is 25.2. The monoisotopic (exact) mass is 443 g/mol. The van der Waals surface area contributed by atoms with E-state index in [4.69, 9.17) is 10.2 Å². The van der Waals surface area contributed by atoms with Gasteiger partial charge in [0.2, 0.25) is 5.95 Å². The lowest BCUT2D eigenvalue weighted by Gasteiger charge is -2.18. The summed E-state index contributed by atoms with van der Waals surface area (Å²) in [5.41, 5.74) is -0.0842. The van der Waals surface area contributed by atoms with Gasteiger partial charge in [-0.3, -0.25) is 9.59 Å². The molecule has 0 fully saturated rings. The highest BCUT2D eigenvalue weighted by atomic mass is 19.1. The Balaban J connectivity index is 2.41. The molecular formula is C17H22FN5O8. The van der Waals surface area contributed by atoms with Crippen LogP contribution in [0.3, 0.4) is 0 Å². The summed E-state index contributed by atoms with van der Waals surface area (Å²) in [6.45, 7) is 0.159. The largest absolute Gasteiger partial charge is 0.481 e. The molecule has 2 atom stereocenters. The number of urea groups is 1. The van der Waals surface area contributed by atoms with Gasteiger partial charge in [-0.25, -0.2) is 24.4 Å². The number of aromatic nitrogens is 2. The van der Waals surface area contributed by atoms with Crippen LogP contribution in [0.4, 0.5) is 9.18 Å². The standard InChI is InChI=1S/C17H22FN5O8/c18-12-8-20-11(7-21-12)14(26)19-6-2-1-3-9(15(27)28)22-17(31)23-10(16(29)30)4-5-13(24)25/h7-10H,1-6H2,(H,19,26)(H,24,25)(H,27,28)(H,29,30)(H2,22,23,31)/t9-,10-/m0/s1. The van der Waals surface area contributed by atoms with Crippen molar-refractivity contribution in [2.24, 2.45) is 0 Å². The molecule has 1 rings (SSSR count). The van der Waals surface area contributed by atoms with Crippen molar-refractivity contribution in [3.8, 4) is 0 Å². The fourth-order valence-electron chi connectivity index (χ4n) is 2.34. The summed E-state index contributed by atoms with van der Waals surface area (Å²) in [5.74, 6) is -5.45. The first-order valence-electron chi connectivity index (χ1n) is 9.10. The average molecular weight is 443 g/mol. The van der Waals surface area contributed by atoms with Gasteiger partial charge in [0, 0.05) is 13.0 Å². The van der Waals surface area contributed by atoms with Gasteiger partial charge in [0.05, 0.1) is 12.4 Å². The van der Waals surface area contributed by atoms with E-state index in [-0.39, 0.29) is 31.5 Å². The third-order valence-electron chi connectivity index (χ3n) is 3.91. The Hall–Kier alpha value is -3.84. The van der Waals surface area contributed by atoms with E-state index in [0.717, 1.165) is 12.4 Å². The third-order valence-corrected chi connectivity index (χ3v) is 3.91. The zero-order valence-corrected chi connectivity index (χ0v) is 16.2. The van der Waals surface area contributed by atoms with Gasteiger partial charge in [0.15, 0.2) is 0 Å². The Morgan fingerprint density at radius 1 is 0.903 bits per heavy atom. The molecular weight excluding hydrogens is 421 g/mol. The van der Waals surface area contributed by atoms with Crippen LogP contribution in [0.2, 0.25) is 0 Å². The average Bonchev–Trinajstić information content (AvgIpc) is 2.69. The van der Waals surface area contributed by atoms with Gasteiger partial charge >= 0.3 is 23.9 Å². The maximum absolute atomic E-state index is 12.7. The number of amides is 3. The molecule has 170 valence electrons. The molecule has 3 amide bonds. The lowest BCUT2D eigenvalue weighted by Crippen LogP contribution is -2.51. The lowest BCUT2D eigenvalue weighted by atomic mass is 10.1. The molecule has 1 aromatic heterocycles. The van der Waals surface area contributed by atoms with Crippen molar-refractivity contribution >= 4 is 29.8 Å². The van der Waals surface area contributed by atoms with E-state index in [0.29, 0.717) is 6.42 Å². The number of carbonyl (C=O) groups excluding carboxylic acids is 2. The SMILES string of the molecule is O=C(O)CC[C@H](NC(=O)N[C@@H](CCCCNC(=O)c1cnc(F)cn1)C(=O)O)C(=O)O. The van der Waals surface area contributed by atoms with Crippen LogP contribution in [0.25, 0.3) is 0 Å². The minimum absolute atomic E-state index is 0.0121. The molecule has 0 unspecified atom stereocenters. The highest BCUT2D eigenvalue weighted by Crippen LogP contribution is 2.03. The highest BCUT2D eigenvalue weighted by Gasteiger charge is 2.24. The molecule has 13 nitrogen and oxygen atoms in total. The van der Waals surface area contributed by atoms with E-state index in [9.17, 15) is 33.5 Å². The van der Waals surface area contributed by atoms with Crippen molar-refractivity contribution in [1.29, 1.82) is 0 Å². The van der Waals surface area contributed by atoms with Crippen molar-refractivity contribution in [2.75, 3.05) is 6.54 Å². The number of carbonyl (C=O) groups is 5. The summed E-state index contributed by atoms with van der Waals surface area (Å²) in [6, 6.07) is -3.88. The van der Waals surface area contributed by atoms with Gasteiger partial charge in [-0.1, -0.05) is 0 Å². The van der Waals surface area contributed by atoms with Crippen LogP contribution in [0.5, 0.6) is 0 Å².